The number of ether oxygens (including phenoxy) is 2. The van der Waals surface area contributed by atoms with Gasteiger partial charge in [-0.15, -0.1) is 0 Å². The molecule has 0 aliphatic carbocycles. The van der Waals surface area contributed by atoms with Crippen LogP contribution in [0.3, 0.4) is 0 Å². The maximum Gasteiger partial charge on any atom is 0.246 e. The lowest BCUT2D eigenvalue weighted by Crippen LogP contribution is -2.41. The van der Waals surface area contributed by atoms with E-state index >= 15 is 0 Å². The average Bonchev–Trinajstić information content (AvgIpc) is 3.33. The van der Waals surface area contributed by atoms with Gasteiger partial charge in [-0.2, -0.15) is 5.26 Å². The van der Waals surface area contributed by atoms with Crippen LogP contribution in [0.1, 0.15) is 36.8 Å². The Balaban J connectivity index is 1.63. The van der Waals surface area contributed by atoms with Crippen molar-refractivity contribution < 1.29 is 14.3 Å². The lowest BCUT2D eigenvalue weighted by atomic mass is 10.1. The quantitative estimate of drug-likeness (QED) is 0.747. The SMILES string of the molecule is N#Cc1ccc(/C=C\C(=O)N(C[C@@H]2CCCO2)C[C@@H]2CCCO2)cc1. The van der Waals surface area contributed by atoms with Gasteiger partial charge >= 0.3 is 0 Å². The van der Waals surface area contributed by atoms with Crippen molar-refractivity contribution in [3.63, 3.8) is 0 Å². The smallest absolute Gasteiger partial charge is 0.246 e. The third-order valence-electron chi connectivity index (χ3n) is 4.67. The van der Waals surface area contributed by atoms with E-state index in [1.54, 1.807) is 24.3 Å². The molecule has 2 heterocycles. The monoisotopic (exact) mass is 340 g/mol. The number of carbonyl (C=O) groups is 1. The Morgan fingerprint density at radius 3 is 2.20 bits per heavy atom. The topological polar surface area (TPSA) is 62.6 Å². The van der Waals surface area contributed by atoms with Gasteiger partial charge in [0.05, 0.1) is 23.8 Å². The molecule has 1 aromatic carbocycles. The number of amides is 1. The van der Waals surface area contributed by atoms with Crippen molar-refractivity contribution in [2.75, 3.05) is 26.3 Å². The summed E-state index contributed by atoms with van der Waals surface area (Å²) in [6, 6.07) is 9.27. The Morgan fingerprint density at radius 1 is 1.12 bits per heavy atom. The van der Waals surface area contributed by atoms with Gasteiger partial charge < -0.3 is 14.4 Å². The van der Waals surface area contributed by atoms with Crippen LogP contribution < -0.4 is 0 Å². The molecule has 25 heavy (non-hydrogen) atoms. The van der Waals surface area contributed by atoms with E-state index in [1.165, 1.54) is 0 Å². The summed E-state index contributed by atoms with van der Waals surface area (Å²) in [5.74, 6) is -0.0182. The number of carbonyl (C=O) groups excluding carboxylic acids is 1. The predicted molar refractivity (Wildman–Crippen MR) is 94.7 cm³/mol. The molecule has 0 spiro atoms. The molecule has 3 rings (SSSR count). The summed E-state index contributed by atoms with van der Waals surface area (Å²) in [5.41, 5.74) is 1.52. The van der Waals surface area contributed by atoms with E-state index in [0.717, 1.165) is 44.5 Å². The number of rotatable bonds is 6. The van der Waals surface area contributed by atoms with Crippen LogP contribution >= 0.6 is 0 Å². The Bertz CT molecular complexity index is 618. The largest absolute Gasteiger partial charge is 0.376 e. The summed E-state index contributed by atoms with van der Waals surface area (Å²) in [4.78, 5) is 14.5. The molecular formula is C20H24N2O3. The van der Waals surface area contributed by atoms with Gasteiger partial charge in [0, 0.05) is 32.4 Å². The van der Waals surface area contributed by atoms with Crippen LogP contribution in [0, 0.1) is 11.3 Å². The minimum Gasteiger partial charge on any atom is -0.376 e. The summed E-state index contributed by atoms with van der Waals surface area (Å²) in [5, 5.41) is 8.84. The molecule has 0 aromatic heterocycles. The normalized spacial score (nSPS) is 23.0. The first-order valence-electron chi connectivity index (χ1n) is 8.95. The fourth-order valence-corrected chi connectivity index (χ4v) is 3.26. The fourth-order valence-electron chi connectivity index (χ4n) is 3.26. The van der Waals surface area contributed by atoms with Gasteiger partial charge in [-0.3, -0.25) is 4.79 Å². The Kier molecular flexibility index (Phi) is 6.21. The second-order valence-corrected chi connectivity index (χ2v) is 6.58. The molecule has 1 aromatic rings. The van der Waals surface area contributed by atoms with Crippen LogP contribution in [0.2, 0.25) is 0 Å². The first-order chi connectivity index (χ1) is 12.2. The highest BCUT2D eigenvalue weighted by molar-refractivity contribution is 5.91. The van der Waals surface area contributed by atoms with Gasteiger partial charge in [0.1, 0.15) is 0 Å². The zero-order chi connectivity index (χ0) is 17.5. The second-order valence-electron chi connectivity index (χ2n) is 6.58. The Hall–Kier alpha value is -2.16. The van der Waals surface area contributed by atoms with Crippen LogP contribution in [0.4, 0.5) is 0 Å². The molecule has 0 unspecified atom stereocenters. The molecular weight excluding hydrogens is 316 g/mol. The van der Waals surface area contributed by atoms with Crippen molar-refractivity contribution in [1.29, 1.82) is 5.26 Å². The molecule has 0 saturated carbocycles. The Labute approximate surface area is 148 Å². The molecule has 2 saturated heterocycles. The predicted octanol–water partition coefficient (Wildman–Crippen LogP) is 2.76. The van der Waals surface area contributed by atoms with Crippen molar-refractivity contribution in [2.45, 2.75) is 37.9 Å². The second kappa shape index (κ2) is 8.80. The van der Waals surface area contributed by atoms with Gasteiger partial charge in [0.15, 0.2) is 0 Å². The van der Waals surface area contributed by atoms with Crippen LogP contribution in [0.5, 0.6) is 0 Å². The van der Waals surface area contributed by atoms with Crippen LogP contribution in [0.25, 0.3) is 6.08 Å². The molecule has 132 valence electrons. The first kappa shape index (κ1) is 17.7. The molecule has 2 atom stereocenters. The molecule has 5 heteroatoms. The number of nitriles is 1. The highest BCUT2D eigenvalue weighted by Gasteiger charge is 2.25. The maximum atomic E-state index is 12.7. The fraction of sp³-hybridized carbons (Fsp3) is 0.500. The van der Waals surface area contributed by atoms with Gasteiger partial charge in [0.2, 0.25) is 5.91 Å². The van der Waals surface area contributed by atoms with Crippen LogP contribution in [0.15, 0.2) is 30.3 Å². The minimum atomic E-state index is -0.0182. The highest BCUT2D eigenvalue weighted by atomic mass is 16.5. The lowest BCUT2D eigenvalue weighted by Gasteiger charge is -2.26. The first-order valence-corrected chi connectivity index (χ1v) is 8.95. The highest BCUT2D eigenvalue weighted by Crippen LogP contribution is 2.18. The maximum absolute atomic E-state index is 12.7. The van der Waals surface area contributed by atoms with E-state index in [2.05, 4.69) is 6.07 Å². The van der Waals surface area contributed by atoms with E-state index in [1.807, 2.05) is 17.0 Å². The number of hydrogen-bond donors (Lipinski definition) is 0. The van der Waals surface area contributed by atoms with Gasteiger partial charge in [0.25, 0.3) is 0 Å². The number of hydrogen-bond acceptors (Lipinski definition) is 4. The summed E-state index contributed by atoms with van der Waals surface area (Å²) >= 11 is 0. The molecule has 0 radical (unpaired) electrons. The standard InChI is InChI=1S/C20H24N2O3/c21-13-17-7-5-16(6-8-17)9-10-20(23)22(14-18-3-1-11-24-18)15-19-4-2-12-25-19/h5-10,18-19H,1-4,11-12,14-15H2/b10-9-/t18-,19-/m0/s1. The molecule has 2 fully saturated rings. The third kappa shape index (κ3) is 5.15. The number of benzene rings is 1. The Morgan fingerprint density at radius 2 is 1.72 bits per heavy atom. The molecule has 2 aliphatic heterocycles. The van der Waals surface area contributed by atoms with Gasteiger partial charge in [-0.25, -0.2) is 0 Å². The van der Waals surface area contributed by atoms with Crippen molar-refractivity contribution in [3.8, 4) is 6.07 Å². The van der Waals surface area contributed by atoms with Crippen LogP contribution in [-0.2, 0) is 14.3 Å². The summed E-state index contributed by atoms with van der Waals surface area (Å²) in [6.45, 7) is 2.81. The lowest BCUT2D eigenvalue weighted by molar-refractivity contribution is -0.129. The minimum absolute atomic E-state index is 0.0182. The molecule has 0 bridgehead atoms. The third-order valence-corrected chi connectivity index (χ3v) is 4.67. The number of nitrogens with zero attached hydrogens (tertiary/aromatic N) is 2. The summed E-state index contributed by atoms with van der Waals surface area (Å²) in [7, 11) is 0. The molecule has 5 nitrogen and oxygen atoms in total. The van der Waals surface area contributed by atoms with E-state index in [9.17, 15) is 4.79 Å². The van der Waals surface area contributed by atoms with Crippen molar-refractivity contribution in [1.82, 2.24) is 4.90 Å². The molecule has 1 amide bonds. The van der Waals surface area contributed by atoms with E-state index < -0.39 is 0 Å². The summed E-state index contributed by atoms with van der Waals surface area (Å²) < 4.78 is 11.4. The van der Waals surface area contributed by atoms with Crippen molar-refractivity contribution >= 4 is 12.0 Å². The van der Waals surface area contributed by atoms with Gasteiger partial charge in [-0.1, -0.05) is 12.1 Å². The zero-order valence-electron chi connectivity index (χ0n) is 14.4. The van der Waals surface area contributed by atoms with E-state index in [-0.39, 0.29) is 18.1 Å². The van der Waals surface area contributed by atoms with E-state index in [0.29, 0.717) is 18.7 Å². The van der Waals surface area contributed by atoms with Crippen molar-refractivity contribution in [3.05, 3.63) is 41.5 Å². The van der Waals surface area contributed by atoms with E-state index in [4.69, 9.17) is 14.7 Å². The van der Waals surface area contributed by atoms with Gasteiger partial charge in [-0.05, 0) is 49.5 Å². The van der Waals surface area contributed by atoms with Crippen LogP contribution in [-0.4, -0.2) is 49.3 Å². The molecule has 2 aliphatic rings. The molecule has 0 N–H and O–H groups in total. The zero-order valence-corrected chi connectivity index (χ0v) is 14.4. The summed E-state index contributed by atoms with van der Waals surface area (Å²) in [6.07, 6.45) is 7.81. The van der Waals surface area contributed by atoms with Crippen molar-refractivity contribution in [2.24, 2.45) is 0 Å². The average molecular weight is 340 g/mol.